The fourth-order valence-corrected chi connectivity index (χ4v) is 3.07. The summed E-state index contributed by atoms with van der Waals surface area (Å²) in [5.41, 5.74) is 7.74. The lowest BCUT2D eigenvalue weighted by Gasteiger charge is -2.13. The van der Waals surface area contributed by atoms with Crippen LogP contribution in [0.5, 0.6) is 6.01 Å². The Morgan fingerprint density at radius 3 is 2.78 bits per heavy atom. The monoisotopic (exact) mass is 444 g/mol. The molecular formula is C20H24N6O6. The number of amides is 1. The quantitative estimate of drug-likeness (QED) is 0.183. The summed E-state index contributed by atoms with van der Waals surface area (Å²) in [7, 11) is 2.72. The molecule has 0 unspecified atom stereocenters. The van der Waals surface area contributed by atoms with Gasteiger partial charge in [0.25, 0.3) is 0 Å². The van der Waals surface area contributed by atoms with Crippen LogP contribution in [0.15, 0.2) is 29.1 Å². The van der Waals surface area contributed by atoms with Gasteiger partial charge in [0.15, 0.2) is 11.5 Å². The van der Waals surface area contributed by atoms with Gasteiger partial charge in [0.1, 0.15) is 5.52 Å². The number of hydroxylamine groups is 2. The number of nitrogens with zero attached hydrogens (tertiary/aromatic N) is 4. The summed E-state index contributed by atoms with van der Waals surface area (Å²) >= 11 is 0. The van der Waals surface area contributed by atoms with Crippen LogP contribution in [0.4, 0.5) is 5.82 Å². The van der Waals surface area contributed by atoms with E-state index in [2.05, 4.69) is 15.0 Å². The van der Waals surface area contributed by atoms with Crippen molar-refractivity contribution in [3.05, 3.63) is 45.9 Å². The van der Waals surface area contributed by atoms with Crippen LogP contribution in [0.1, 0.15) is 17.5 Å². The highest BCUT2D eigenvalue weighted by Gasteiger charge is 2.15. The number of carbonyl (C=O) groups excluding carboxylic acids is 2. The molecule has 1 amide bonds. The lowest BCUT2D eigenvalue weighted by molar-refractivity contribution is -0.161. The summed E-state index contributed by atoms with van der Waals surface area (Å²) in [6, 6.07) is 7.27. The van der Waals surface area contributed by atoms with Crippen molar-refractivity contribution in [3.8, 4) is 6.01 Å². The Morgan fingerprint density at radius 1 is 1.28 bits per heavy atom. The normalized spacial score (nSPS) is 10.8. The zero-order valence-corrected chi connectivity index (χ0v) is 17.7. The summed E-state index contributed by atoms with van der Waals surface area (Å²) < 4.78 is 11.7. The number of benzene rings is 1. The van der Waals surface area contributed by atoms with Crippen molar-refractivity contribution >= 4 is 29.4 Å². The first-order valence-corrected chi connectivity index (χ1v) is 9.74. The highest BCUT2D eigenvalue weighted by atomic mass is 16.7. The van der Waals surface area contributed by atoms with Crippen molar-refractivity contribution in [1.29, 1.82) is 0 Å². The van der Waals surface area contributed by atoms with Crippen LogP contribution in [0.25, 0.3) is 11.2 Å². The van der Waals surface area contributed by atoms with Gasteiger partial charge < -0.3 is 20.2 Å². The van der Waals surface area contributed by atoms with Gasteiger partial charge in [-0.1, -0.05) is 24.3 Å². The number of esters is 1. The number of fused-ring (bicyclic) bond motifs is 1. The summed E-state index contributed by atoms with van der Waals surface area (Å²) in [6.07, 6.45) is 1.17. The maximum Gasteiger partial charge on any atom is 0.328 e. The number of nitrogens with one attached hydrogen (secondary N) is 1. The summed E-state index contributed by atoms with van der Waals surface area (Å²) in [5.74, 6) is -0.276. The van der Waals surface area contributed by atoms with Gasteiger partial charge in [-0.2, -0.15) is 9.97 Å². The summed E-state index contributed by atoms with van der Waals surface area (Å²) in [6.45, 7) is 0.739. The number of aromatic amines is 1. The first kappa shape index (κ1) is 22.7. The van der Waals surface area contributed by atoms with Crippen molar-refractivity contribution in [1.82, 2.24) is 24.6 Å². The van der Waals surface area contributed by atoms with Crippen LogP contribution in [0.2, 0.25) is 0 Å². The predicted octanol–water partition coefficient (Wildman–Crippen LogP) is 0.254. The molecule has 0 saturated heterocycles. The van der Waals surface area contributed by atoms with E-state index >= 15 is 0 Å². The zero-order chi connectivity index (χ0) is 23.1. The Bertz CT molecular complexity index is 1160. The van der Waals surface area contributed by atoms with Crippen molar-refractivity contribution in [2.45, 2.75) is 19.4 Å². The van der Waals surface area contributed by atoms with Gasteiger partial charge in [-0.05, 0) is 11.1 Å². The molecule has 12 heteroatoms. The number of nitrogen functional groups attached to an aromatic ring is 1. The molecule has 0 saturated carbocycles. The molecular weight excluding hydrogens is 420 g/mol. The lowest BCUT2D eigenvalue weighted by atomic mass is 10.1. The first-order valence-electron chi connectivity index (χ1n) is 9.74. The van der Waals surface area contributed by atoms with Gasteiger partial charge >= 0.3 is 17.7 Å². The fourth-order valence-electron chi connectivity index (χ4n) is 3.07. The molecule has 3 N–H and O–H groups in total. The number of aromatic nitrogens is 4. The van der Waals surface area contributed by atoms with Gasteiger partial charge in [0, 0.05) is 6.42 Å². The molecule has 0 bridgehead atoms. The van der Waals surface area contributed by atoms with Gasteiger partial charge in [0.05, 0.1) is 40.3 Å². The number of methoxy groups -OCH3 is 1. The highest BCUT2D eigenvalue weighted by Crippen LogP contribution is 2.19. The van der Waals surface area contributed by atoms with Gasteiger partial charge in [-0.15, -0.1) is 0 Å². The van der Waals surface area contributed by atoms with Gasteiger partial charge in [0.2, 0.25) is 6.41 Å². The molecule has 3 aromatic rings. The number of imidazole rings is 1. The van der Waals surface area contributed by atoms with Crippen LogP contribution < -0.4 is 16.2 Å². The average Bonchev–Trinajstić information content (AvgIpc) is 3.10. The average molecular weight is 444 g/mol. The minimum atomic E-state index is -0.404. The third-order valence-corrected chi connectivity index (χ3v) is 4.64. The minimum absolute atomic E-state index is 0.0114. The molecule has 0 spiro atoms. The van der Waals surface area contributed by atoms with E-state index in [0.717, 1.165) is 16.2 Å². The molecule has 1 aromatic carbocycles. The Labute approximate surface area is 182 Å². The number of hydrogen-bond donors (Lipinski definition) is 2. The molecule has 0 atom stereocenters. The van der Waals surface area contributed by atoms with Crippen molar-refractivity contribution in [2.75, 3.05) is 33.1 Å². The van der Waals surface area contributed by atoms with E-state index in [1.54, 1.807) is 12.1 Å². The summed E-state index contributed by atoms with van der Waals surface area (Å²) in [5, 5.41) is 1.12. The molecule has 0 fully saturated rings. The molecule has 2 heterocycles. The van der Waals surface area contributed by atoms with E-state index in [9.17, 15) is 14.4 Å². The maximum atomic E-state index is 12.5. The second kappa shape index (κ2) is 10.4. The zero-order valence-electron chi connectivity index (χ0n) is 17.7. The molecule has 0 radical (unpaired) electrons. The number of hydrogen-bond acceptors (Lipinski definition) is 9. The van der Waals surface area contributed by atoms with E-state index in [-0.39, 0.29) is 37.4 Å². The third-order valence-electron chi connectivity index (χ3n) is 4.64. The van der Waals surface area contributed by atoms with Crippen molar-refractivity contribution in [3.63, 3.8) is 0 Å². The van der Waals surface area contributed by atoms with E-state index in [0.29, 0.717) is 30.5 Å². The second-order valence-corrected chi connectivity index (χ2v) is 6.81. The molecule has 32 heavy (non-hydrogen) atoms. The van der Waals surface area contributed by atoms with E-state index in [1.807, 2.05) is 12.1 Å². The Hall–Kier alpha value is -3.93. The van der Waals surface area contributed by atoms with E-state index in [4.69, 9.17) is 20.0 Å². The Kier molecular flexibility index (Phi) is 7.39. The highest BCUT2D eigenvalue weighted by molar-refractivity contribution is 5.82. The van der Waals surface area contributed by atoms with Crippen LogP contribution in [-0.4, -0.2) is 64.3 Å². The van der Waals surface area contributed by atoms with Crippen LogP contribution >= 0.6 is 0 Å². The van der Waals surface area contributed by atoms with Gasteiger partial charge in [-0.3, -0.25) is 19.0 Å². The van der Waals surface area contributed by atoms with Crippen molar-refractivity contribution < 1.29 is 23.9 Å². The summed E-state index contributed by atoms with van der Waals surface area (Å²) in [4.78, 5) is 50.7. The number of H-pyrrole nitrogens is 1. The molecule has 3 rings (SSSR count). The van der Waals surface area contributed by atoms with Crippen LogP contribution in [-0.2, 0) is 32.1 Å². The molecule has 2 aromatic heterocycles. The molecule has 12 nitrogen and oxygen atoms in total. The number of carbonyl (C=O) groups is 2. The van der Waals surface area contributed by atoms with E-state index < -0.39 is 5.69 Å². The van der Waals surface area contributed by atoms with Crippen molar-refractivity contribution in [2.24, 2.45) is 0 Å². The topological polar surface area (TPSA) is 155 Å². The smallest absolute Gasteiger partial charge is 0.328 e. The largest absolute Gasteiger partial charge is 0.469 e. The standard InChI is InChI=1S/C20H24N6O6/c1-30-15(28)10-13-5-3-6-14(9-13)11-26-18-16(22-20(26)29)17(21)23-19(24-18)32-8-4-7-25(12-27)31-2/h3,5-6,9,12H,4,7-8,10-11H2,1-2H3,(H,22,29)(H2,21,23,24). The first-order chi connectivity index (χ1) is 15.4. The molecule has 170 valence electrons. The number of rotatable bonds is 11. The van der Waals surface area contributed by atoms with E-state index in [1.165, 1.54) is 18.8 Å². The maximum absolute atomic E-state index is 12.5. The molecule has 0 aliphatic heterocycles. The minimum Gasteiger partial charge on any atom is -0.469 e. The SMILES string of the molecule is COC(=O)Cc1cccc(Cn2c(=O)[nH]c3c(N)nc(OCCCN(C=O)OC)nc32)c1. The Morgan fingerprint density at radius 2 is 2.06 bits per heavy atom. The van der Waals surface area contributed by atoms with Gasteiger partial charge in [-0.25, -0.2) is 9.86 Å². The number of ether oxygens (including phenoxy) is 2. The molecule has 0 aliphatic rings. The van der Waals surface area contributed by atoms with Crippen LogP contribution in [0, 0.1) is 0 Å². The fraction of sp³-hybridized carbons (Fsp3) is 0.350. The Balaban J connectivity index is 1.80. The third kappa shape index (κ3) is 5.40. The predicted molar refractivity (Wildman–Crippen MR) is 114 cm³/mol. The number of nitrogens with two attached hydrogens (primary N) is 1. The molecule has 0 aliphatic carbocycles. The number of anilines is 1. The van der Waals surface area contributed by atoms with Crippen LogP contribution in [0.3, 0.4) is 0 Å². The lowest BCUT2D eigenvalue weighted by Crippen LogP contribution is -2.23. The second-order valence-electron chi connectivity index (χ2n) is 6.81.